The van der Waals surface area contributed by atoms with E-state index in [0.717, 1.165) is 12.4 Å². The quantitative estimate of drug-likeness (QED) is 0.711. The Morgan fingerprint density at radius 3 is 2.38 bits per heavy atom. The van der Waals surface area contributed by atoms with Gasteiger partial charge in [-0.25, -0.2) is 0 Å². The van der Waals surface area contributed by atoms with Gasteiger partial charge < -0.3 is 9.47 Å². The number of para-hydroxylation sites is 1. The van der Waals surface area contributed by atoms with Gasteiger partial charge in [0.1, 0.15) is 12.4 Å². The summed E-state index contributed by atoms with van der Waals surface area (Å²) in [5.41, 5.74) is 1.36. The Balaban J connectivity index is 2.65. The molecular formula is C14H22O2. The van der Waals surface area contributed by atoms with Crippen LogP contribution in [0.25, 0.3) is 0 Å². The molecule has 0 aliphatic rings. The summed E-state index contributed by atoms with van der Waals surface area (Å²) in [6.07, 6.45) is 0. The van der Waals surface area contributed by atoms with Crippen molar-refractivity contribution in [3.63, 3.8) is 0 Å². The zero-order valence-corrected chi connectivity index (χ0v) is 10.7. The molecule has 0 heterocycles. The molecule has 0 aliphatic heterocycles. The van der Waals surface area contributed by atoms with E-state index in [1.54, 1.807) is 0 Å². The molecule has 1 aromatic rings. The zero-order valence-electron chi connectivity index (χ0n) is 10.7. The van der Waals surface area contributed by atoms with Crippen LogP contribution in [0.4, 0.5) is 0 Å². The molecule has 0 N–H and O–H groups in total. The second-order valence-corrected chi connectivity index (χ2v) is 4.79. The van der Waals surface area contributed by atoms with Crippen LogP contribution in [-0.4, -0.2) is 19.8 Å². The molecule has 2 nitrogen and oxygen atoms in total. The molecule has 90 valence electrons. The van der Waals surface area contributed by atoms with Crippen LogP contribution in [0.1, 0.15) is 33.3 Å². The van der Waals surface area contributed by atoms with Gasteiger partial charge in [-0.1, -0.05) is 39.0 Å². The van der Waals surface area contributed by atoms with Gasteiger partial charge >= 0.3 is 0 Å². The third kappa shape index (κ3) is 3.86. The third-order valence-electron chi connectivity index (χ3n) is 2.38. The summed E-state index contributed by atoms with van der Waals surface area (Å²) in [5, 5.41) is 0. The first-order chi connectivity index (χ1) is 7.55. The van der Waals surface area contributed by atoms with Gasteiger partial charge in [0.25, 0.3) is 0 Å². The number of rotatable bonds is 5. The second-order valence-electron chi connectivity index (χ2n) is 4.79. The van der Waals surface area contributed by atoms with Crippen LogP contribution in [0.3, 0.4) is 0 Å². The third-order valence-corrected chi connectivity index (χ3v) is 2.38. The fraction of sp³-hybridized carbons (Fsp3) is 0.571. The first kappa shape index (κ1) is 13.0. The Morgan fingerprint density at radius 1 is 1.06 bits per heavy atom. The van der Waals surface area contributed by atoms with Crippen molar-refractivity contribution in [2.45, 2.75) is 33.1 Å². The maximum absolute atomic E-state index is 5.74. The van der Waals surface area contributed by atoms with Crippen molar-refractivity contribution < 1.29 is 9.47 Å². The molecule has 0 unspecified atom stereocenters. The average molecular weight is 222 g/mol. The molecule has 0 spiro atoms. The summed E-state index contributed by atoms with van der Waals surface area (Å²) >= 11 is 0. The van der Waals surface area contributed by atoms with Crippen LogP contribution in [-0.2, 0) is 10.2 Å². The van der Waals surface area contributed by atoms with Crippen molar-refractivity contribution >= 4 is 0 Å². The topological polar surface area (TPSA) is 18.5 Å². The first-order valence-electron chi connectivity index (χ1n) is 5.85. The van der Waals surface area contributed by atoms with Crippen molar-refractivity contribution in [2.75, 3.05) is 19.8 Å². The maximum atomic E-state index is 5.74. The lowest BCUT2D eigenvalue weighted by atomic mass is 9.86. The average Bonchev–Trinajstić information content (AvgIpc) is 2.24. The monoisotopic (exact) mass is 222 g/mol. The summed E-state index contributed by atoms with van der Waals surface area (Å²) in [4.78, 5) is 0. The molecular weight excluding hydrogens is 200 g/mol. The van der Waals surface area contributed by atoms with E-state index in [4.69, 9.17) is 9.47 Å². The minimum absolute atomic E-state index is 0.113. The largest absolute Gasteiger partial charge is 0.491 e. The predicted octanol–water partition coefficient (Wildman–Crippen LogP) is 3.40. The Labute approximate surface area is 98.6 Å². The van der Waals surface area contributed by atoms with Crippen molar-refractivity contribution in [1.29, 1.82) is 0 Å². The van der Waals surface area contributed by atoms with E-state index in [9.17, 15) is 0 Å². The van der Waals surface area contributed by atoms with E-state index in [1.165, 1.54) is 5.56 Å². The summed E-state index contributed by atoms with van der Waals surface area (Å²) in [6.45, 7) is 10.6. The van der Waals surface area contributed by atoms with Gasteiger partial charge in [0, 0.05) is 6.61 Å². The van der Waals surface area contributed by atoms with Gasteiger partial charge in [-0.15, -0.1) is 0 Å². The van der Waals surface area contributed by atoms with Crippen molar-refractivity contribution in [3.05, 3.63) is 29.8 Å². The minimum atomic E-state index is 0.113. The van der Waals surface area contributed by atoms with Crippen molar-refractivity contribution in [2.24, 2.45) is 0 Å². The van der Waals surface area contributed by atoms with Gasteiger partial charge in [-0.05, 0) is 24.0 Å². The van der Waals surface area contributed by atoms with Gasteiger partial charge in [0.15, 0.2) is 0 Å². The van der Waals surface area contributed by atoms with E-state index < -0.39 is 0 Å². The maximum Gasteiger partial charge on any atom is 0.123 e. The molecule has 0 fully saturated rings. The summed E-state index contributed by atoms with van der Waals surface area (Å²) in [5.74, 6) is 0.967. The number of hydrogen-bond donors (Lipinski definition) is 0. The number of benzene rings is 1. The Morgan fingerprint density at radius 2 is 1.75 bits per heavy atom. The number of hydrogen-bond acceptors (Lipinski definition) is 2. The summed E-state index contributed by atoms with van der Waals surface area (Å²) in [6, 6.07) is 8.20. The molecule has 0 saturated carbocycles. The Bertz CT molecular complexity index is 313. The molecule has 0 amide bonds. The van der Waals surface area contributed by atoms with E-state index in [2.05, 4.69) is 32.9 Å². The lowest BCUT2D eigenvalue weighted by Crippen LogP contribution is -2.15. The Kier molecular flexibility index (Phi) is 4.81. The van der Waals surface area contributed by atoms with E-state index in [0.29, 0.717) is 13.2 Å². The highest BCUT2D eigenvalue weighted by Crippen LogP contribution is 2.30. The minimum Gasteiger partial charge on any atom is -0.491 e. The highest BCUT2D eigenvalue weighted by molar-refractivity contribution is 5.38. The van der Waals surface area contributed by atoms with Crippen LogP contribution in [0, 0.1) is 0 Å². The molecule has 0 aromatic heterocycles. The summed E-state index contributed by atoms with van der Waals surface area (Å²) < 4.78 is 11.0. The molecule has 0 radical (unpaired) electrons. The van der Waals surface area contributed by atoms with Gasteiger partial charge in [0.05, 0.1) is 6.61 Å². The van der Waals surface area contributed by atoms with Crippen LogP contribution in [0.15, 0.2) is 24.3 Å². The molecule has 0 aliphatic carbocycles. The Hall–Kier alpha value is -1.02. The normalized spacial score (nSPS) is 11.5. The van der Waals surface area contributed by atoms with Crippen LogP contribution in [0.2, 0.25) is 0 Å². The van der Waals surface area contributed by atoms with Gasteiger partial charge in [-0.2, -0.15) is 0 Å². The molecule has 0 saturated heterocycles. The smallest absolute Gasteiger partial charge is 0.123 e. The first-order valence-corrected chi connectivity index (χ1v) is 5.85. The fourth-order valence-corrected chi connectivity index (χ4v) is 1.57. The molecule has 16 heavy (non-hydrogen) atoms. The predicted molar refractivity (Wildman–Crippen MR) is 67.1 cm³/mol. The molecule has 1 rings (SSSR count). The lowest BCUT2D eigenvalue weighted by molar-refractivity contribution is 0.109. The van der Waals surface area contributed by atoms with Crippen LogP contribution < -0.4 is 4.74 Å². The van der Waals surface area contributed by atoms with Crippen LogP contribution >= 0.6 is 0 Å². The highest BCUT2D eigenvalue weighted by atomic mass is 16.5. The molecule has 0 atom stereocenters. The van der Waals surface area contributed by atoms with Crippen molar-refractivity contribution in [1.82, 2.24) is 0 Å². The van der Waals surface area contributed by atoms with Crippen molar-refractivity contribution in [3.8, 4) is 5.75 Å². The van der Waals surface area contributed by atoms with Gasteiger partial charge in [0.2, 0.25) is 0 Å². The molecule has 1 aromatic carbocycles. The van der Waals surface area contributed by atoms with E-state index in [-0.39, 0.29) is 5.41 Å². The van der Waals surface area contributed by atoms with Crippen LogP contribution in [0.5, 0.6) is 5.75 Å². The van der Waals surface area contributed by atoms with E-state index >= 15 is 0 Å². The molecule has 0 bridgehead atoms. The second kappa shape index (κ2) is 5.90. The fourth-order valence-electron chi connectivity index (χ4n) is 1.57. The number of ether oxygens (including phenoxy) is 2. The molecule has 2 heteroatoms. The zero-order chi connectivity index (χ0) is 12.0. The lowest BCUT2D eigenvalue weighted by Gasteiger charge is -2.22. The highest BCUT2D eigenvalue weighted by Gasteiger charge is 2.17. The standard InChI is InChI=1S/C14H22O2/c1-5-15-10-11-16-13-9-7-6-8-12(13)14(2,3)4/h6-9H,5,10-11H2,1-4H3. The SMILES string of the molecule is CCOCCOc1ccccc1C(C)(C)C. The van der Waals surface area contributed by atoms with Gasteiger partial charge in [-0.3, -0.25) is 0 Å². The summed E-state index contributed by atoms with van der Waals surface area (Å²) in [7, 11) is 0. The van der Waals surface area contributed by atoms with E-state index in [1.807, 2.05) is 19.1 Å².